The lowest BCUT2D eigenvalue weighted by atomic mass is 9.99. The monoisotopic (exact) mass is 427 g/mol. The second-order valence-electron chi connectivity index (χ2n) is 6.93. The summed E-state index contributed by atoms with van der Waals surface area (Å²) >= 11 is 0. The van der Waals surface area contributed by atoms with Gasteiger partial charge in [-0.3, -0.25) is 0 Å². The highest BCUT2D eigenvalue weighted by Gasteiger charge is 2.30. The SMILES string of the molecule is CN(C)S(=O)(=O)N1CCC(CNS(=O)(=O)c2ccc(-n3cccn3)cc2)CC1. The molecule has 1 aliphatic heterocycles. The molecular weight excluding hydrogens is 402 g/mol. The molecule has 154 valence electrons. The van der Waals surface area contributed by atoms with Crippen LogP contribution in [0.25, 0.3) is 5.69 Å². The topological polar surface area (TPSA) is 105 Å². The van der Waals surface area contributed by atoms with Crippen LogP contribution in [0.2, 0.25) is 0 Å². The van der Waals surface area contributed by atoms with Crippen molar-refractivity contribution >= 4 is 20.2 Å². The van der Waals surface area contributed by atoms with Crippen molar-refractivity contribution in [2.75, 3.05) is 33.7 Å². The number of piperidine rings is 1. The summed E-state index contributed by atoms with van der Waals surface area (Å²) < 4.78 is 56.3. The molecule has 0 spiro atoms. The highest BCUT2D eigenvalue weighted by Crippen LogP contribution is 2.21. The van der Waals surface area contributed by atoms with Crippen molar-refractivity contribution in [1.29, 1.82) is 0 Å². The van der Waals surface area contributed by atoms with Crippen LogP contribution in [0.5, 0.6) is 0 Å². The zero-order chi connectivity index (χ0) is 20.4. The first-order valence-corrected chi connectivity index (χ1v) is 11.9. The van der Waals surface area contributed by atoms with Gasteiger partial charge in [-0.15, -0.1) is 0 Å². The van der Waals surface area contributed by atoms with Gasteiger partial charge in [0.05, 0.1) is 10.6 Å². The summed E-state index contributed by atoms with van der Waals surface area (Å²) in [6.45, 7) is 1.08. The Morgan fingerprint density at radius 1 is 1.11 bits per heavy atom. The van der Waals surface area contributed by atoms with E-state index in [4.69, 9.17) is 0 Å². The predicted octanol–water partition coefficient (Wildman–Crippen LogP) is 0.669. The molecule has 2 heterocycles. The third-order valence-electron chi connectivity index (χ3n) is 4.84. The Labute approximate surface area is 166 Å². The van der Waals surface area contributed by atoms with Crippen molar-refractivity contribution in [3.05, 3.63) is 42.7 Å². The van der Waals surface area contributed by atoms with Crippen LogP contribution >= 0.6 is 0 Å². The fraction of sp³-hybridized carbons (Fsp3) is 0.471. The summed E-state index contributed by atoms with van der Waals surface area (Å²) in [6, 6.07) is 8.29. The normalized spacial score (nSPS) is 17.2. The van der Waals surface area contributed by atoms with Gasteiger partial charge >= 0.3 is 0 Å². The highest BCUT2D eigenvalue weighted by atomic mass is 32.2. The number of nitrogens with one attached hydrogen (secondary N) is 1. The maximum Gasteiger partial charge on any atom is 0.281 e. The first-order chi connectivity index (χ1) is 13.2. The van der Waals surface area contributed by atoms with E-state index >= 15 is 0 Å². The molecule has 28 heavy (non-hydrogen) atoms. The molecule has 0 atom stereocenters. The van der Waals surface area contributed by atoms with Crippen LogP contribution in [0, 0.1) is 5.92 Å². The lowest BCUT2D eigenvalue weighted by molar-refractivity contribution is 0.263. The molecule has 2 aromatic rings. The highest BCUT2D eigenvalue weighted by molar-refractivity contribution is 7.89. The summed E-state index contributed by atoms with van der Waals surface area (Å²) in [5.74, 6) is 0.103. The lowest BCUT2D eigenvalue weighted by Crippen LogP contribution is -2.45. The number of rotatable bonds is 7. The fourth-order valence-corrected chi connectivity index (χ4v) is 5.34. The summed E-state index contributed by atoms with van der Waals surface area (Å²) in [5.41, 5.74) is 0.776. The average Bonchev–Trinajstić information content (AvgIpc) is 3.21. The maximum absolute atomic E-state index is 12.5. The zero-order valence-electron chi connectivity index (χ0n) is 15.9. The van der Waals surface area contributed by atoms with E-state index in [-0.39, 0.29) is 10.8 Å². The molecule has 1 saturated heterocycles. The molecule has 0 bridgehead atoms. The van der Waals surface area contributed by atoms with Gasteiger partial charge in [-0.25, -0.2) is 17.8 Å². The molecule has 1 fully saturated rings. The molecule has 0 aliphatic carbocycles. The van der Waals surface area contributed by atoms with Crippen LogP contribution in [0.15, 0.2) is 47.6 Å². The van der Waals surface area contributed by atoms with Crippen molar-refractivity contribution in [3.63, 3.8) is 0 Å². The predicted molar refractivity (Wildman–Crippen MR) is 106 cm³/mol. The number of sulfonamides is 1. The van der Waals surface area contributed by atoms with Gasteiger partial charge in [0.1, 0.15) is 0 Å². The molecule has 3 rings (SSSR count). The van der Waals surface area contributed by atoms with Crippen molar-refractivity contribution < 1.29 is 16.8 Å². The minimum Gasteiger partial charge on any atom is -0.241 e. The molecule has 1 aromatic carbocycles. The third kappa shape index (κ3) is 4.61. The van der Waals surface area contributed by atoms with Crippen molar-refractivity contribution in [2.24, 2.45) is 5.92 Å². The molecule has 0 saturated carbocycles. The van der Waals surface area contributed by atoms with Crippen LogP contribution in [0.3, 0.4) is 0 Å². The van der Waals surface area contributed by atoms with E-state index in [9.17, 15) is 16.8 Å². The molecule has 0 radical (unpaired) electrons. The van der Waals surface area contributed by atoms with Crippen LogP contribution in [-0.2, 0) is 20.2 Å². The van der Waals surface area contributed by atoms with Gasteiger partial charge in [-0.05, 0) is 49.1 Å². The average molecular weight is 428 g/mol. The molecule has 0 unspecified atom stereocenters. The van der Waals surface area contributed by atoms with Crippen LogP contribution in [-0.4, -0.2) is 69.0 Å². The van der Waals surface area contributed by atoms with E-state index in [0.29, 0.717) is 32.5 Å². The summed E-state index contributed by atoms with van der Waals surface area (Å²) in [4.78, 5) is 0.191. The quantitative estimate of drug-likeness (QED) is 0.699. The van der Waals surface area contributed by atoms with E-state index in [2.05, 4.69) is 9.82 Å². The number of hydrogen-bond donors (Lipinski definition) is 1. The Bertz CT molecular complexity index is 979. The molecule has 1 aliphatic rings. The number of hydrogen-bond acceptors (Lipinski definition) is 5. The maximum atomic E-state index is 12.5. The number of benzene rings is 1. The third-order valence-corrected chi connectivity index (χ3v) is 8.22. The van der Waals surface area contributed by atoms with E-state index in [0.717, 1.165) is 5.69 Å². The smallest absolute Gasteiger partial charge is 0.241 e. The molecule has 11 heteroatoms. The lowest BCUT2D eigenvalue weighted by Gasteiger charge is -2.32. The Morgan fingerprint density at radius 3 is 2.29 bits per heavy atom. The van der Waals surface area contributed by atoms with Crippen LogP contribution in [0.1, 0.15) is 12.8 Å². The largest absolute Gasteiger partial charge is 0.281 e. The Balaban J connectivity index is 1.56. The van der Waals surface area contributed by atoms with Crippen molar-refractivity contribution in [1.82, 2.24) is 23.1 Å². The molecule has 1 N–H and O–H groups in total. The zero-order valence-corrected chi connectivity index (χ0v) is 17.5. The first kappa shape index (κ1) is 20.9. The Hall–Kier alpha value is -1.79. The standard InChI is InChI=1S/C17H25N5O4S2/c1-20(2)28(25,26)21-12-8-15(9-13-21)14-19-27(23,24)17-6-4-16(5-7-17)22-11-3-10-18-22/h3-7,10-11,15,19H,8-9,12-14H2,1-2H3. The van der Waals surface area contributed by atoms with Gasteiger partial charge in [-0.1, -0.05) is 0 Å². The van der Waals surface area contributed by atoms with Gasteiger partial charge in [0.2, 0.25) is 10.0 Å². The van der Waals surface area contributed by atoms with Gasteiger partial charge in [0.25, 0.3) is 10.2 Å². The molecular formula is C17H25N5O4S2. The van der Waals surface area contributed by atoms with Crippen LogP contribution in [0.4, 0.5) is 0 Å². The van der Waals surface area contributed by atoms with E-state index < -0.39 is 20.2 Å². The summed E-state index contributed by atoms with van der Waals surface area (Å²) in [5, 5.41) is 4.11. The second kappa shape index (κ2) is 8.29. The van der Waals surface area contributed by atoms with E-state index in [1.807, 2.05) is 0 Å². The minimum absolute atomic E-state index is 0.103. The first-order valence-electron chi connectivity index (χ1n) is 8.97. The van der Waals surface area contributed by atoms with Crippen molar-refractivity contribution in [3.8, 4) is 5.69 Å². The second-order valence-corrected chi connectivity index (χ2v) is 10.8. The molecule has 9 nitrogen and oxygen atoms in total. The van der Waals surface area contributed by atoms with Crippen LogP contribution < -0.4 is 4.72 Å². The van der Waals surface area contributed by atoms with Gasteiger partial charge in [0.15, 0.2) is 0 Å². The molecule has 1 aromatic heterocycles. The Kier molecular flexibility index (Phi) is 6.20. The molecule has 0 amide bonds. The van der Waals surface area contributed by atoms with Gasteiger partial charge in [0, 0.05) is 46.1 Å². The Morgan fingerprint density at radius 2 is 1.75 bits per heavy atom. The van der Waals surface area contributed by atoms with E-state index in [1.165, 1.54) is 22.7 Å². The fourth-order valence-electron chi connectivity index (χ4n) is 3.09. The summed E-state index contributed by atoms with van der Waals surface area (Å²) in [6.07, 6.45) is 4.67. The van der Waals surface area contributed by atoms with E-state index in [1.54, 1.807) is 47.4 Å². The number of nitrogens with zero attached hydrogens (tertiary/aromatic N) is 4. The minimum atomic E-state index is -3.62. The van der Waals surface area contributed by atoms with Gasteiger partial charge < -0.3 is 0 Å². The summed E-state index contributed by atoms with van der Waals surface area (Å²) in [7, 11) is -4.02. The van der Waals surface area contributed by atoms with Crippen molar-refractivity contribution in [2.45, 2.75) is 17.7 Å². The van der Waals surface area contributed by atoms with Gasteiger partial charge in [-0.2, -0.15) is 22.1 Å². The number of aromatic nitrogens is 2.